The molecule has 104 valence electrons. The molecule has 0 saturated heterocycles. The first kappa shape index (κ1) is 15.3. The third-order valence-corrected chi connectivity index (χ3v) is 4.79. The number of hydrogen-bond donors (Lipinski definition) is 0. The van der Waals surface area contributed by atoms with Crippen LogP contribution in [0.25, 0.3) is 0 Å². The zero-order chi connectivity index (χ0) is 13.8. The standard InChI is InChI=1S/C14H16Br2ClNO/c15-7-8-18(11-3-1-2-4-11)14(19)12-9-10(17)5-6-13(12)16/h5-6,9,11H,1-4,7-8H2. The third kappa shape index (κ3) is 3.73. The Labute approximate surface area is 135 Å². The van der Waals surface area contributed by atoms with Gasteiger partial charge in [0, 0.05) is 27.4 Å². The Balaban J connectivity index is 2.25. The van der Waals surface area contributed by atoms with Crippen LogP contribution in [0.3, 0.4) is 0 Å². The van der Waals surface area contributed by atoms with Crippen LogP contribution in [-0.2, 0) is 0 Å². The molecule has 0 heterocycles. The number of nitrogens with zero attached hydrogens (tertiary/aromatic N) is 1. The normalized spacial score (nSPS) is 15.7. The predicted molar refractivity (Wildman–Crippen MR) is 86.2 cm³/mol. The summed E-state index contributed by atoms with van der Waals surface area (Å²) < 4.78 is 0.805. The first-order chi connectivity index (χ1) is 9.13. The Morgan fingerprint density at radius 3 is 2.68 bits per heavy atom. The van der Waals surface area contributed by atoms with Gasteiger partial charge in [-0.2, -0.15) is 0 Å². The van der Waals surface area contributed by atoms with Gasteiger partial charge in [0.2, 0.25) is 0 Å². The van der Waals surface area contributed by atoms with Gasteiger partial charge in [-0.05, 0) is 47.0 Å². The molecule has 0 aliphatic heterocycles. The highest BCUT2D eigenvalue weighted by atomic mass is 79.9. The monoisotopic (exact) mass is 407 g/mol. The zero-order valence-corrected chi connectivity index (χ0v) is 14.5. The van der Waals surface area contributed by atoms with Crippen molar-refractivity contribution in [2.45, 2.75) is 31.7 Å². The highest BCUT2D eigenvalue weighted by Gasteiger charge is 2.27. The van der Waals surface area contributed by atoms with Crippen LogP contribution >= 0.6 is 43.5 Å². The van der Waals surface area contributed by atoms with Crippen molar-refractivity contribution >= 4 is 49.4 Å². The van der Waals surface area contributed by atoms with Gasteiger partial charge in [0.25, 0.3) is 5.91 Å². The van der Waals surface area contributed by atoms with E-state index in [1.807, 2.05) is 11.0 Å². The van der Waals surface area contributed by atoms with Gasteiger partial charge >= 0.3 is 0 Å². The lowest BCUT2D eigenvalue weighted by atomic mass is 10.1. The van der Waals surface area contributed by atoms with E-state index in [1.165, 1.54) is 12.8 Å². The molecule has 1 aromatic rings. The molecular weight excluding hydrogens is 393 g/mol. The van der Waals surface area contributed by atoms with Crippen LogP contribution in [0, 0.1) is 0 Å². The molecule has 5 heteroatoms. The Bertz CT molecular complexity index is 461. The molecule has 0 atom stereocenters. The molecular formula is C14H16Br2ClNO. The Morgan fingerprint density at radius 1 is 1.37 bits per heavy atom. The van der Waals surface area contributed by atoms with E-state index in [1.54, 1.807) is 12.1 Å². The molecule has 1 amide bonds. The molecule has 2 rings (SSSR count). The minimum Gasteiger partial charge on any atom is -0.335 e. The van der Waals surface area contributed by atoms with Gasteiger partial charge in [-0.1, -0.05) is 40.4 Å². The summed E-state index contributed by atoms with van der Waals surface area (Å²) in [6.07, 6.45) is 4.65. The minimum atomic E-state index is 0.0701. The van der Waals surface area contributed by atoms with E-state index in [4.69, 9.17) is 11.6 Å². The maximum Gasteiger partial charge on any atom is 0.255 e. The maximum absolute atomic E-state index is 12.7. The van der Waals surface area contributed by atoms with Gasteiger partial charge in [0.15, 0.2) is 0 Å². The van der Waals surface area contributed by atoms with Crippen LogP contribution in [0.1, 0.15) is 36.0 Å². The van der Waals surface area contributed by atoms with E-state index in [-0.39, 0.29) is 5.91 Å². The van der Waals surface area contributed by atoms with Crippen molar-refractivity contribution in [3.8, 4) is 0 Å². The fourth-order valence-electron chi connectivity index (χ4n) is 2.57. The van der Waals surface area contributed by atoms with Crippen molar-refractivity contribution < 1.29 is 4.79 Å². The molecule has 1 aromatic carbocycles. The number of rotatable bonds is 4. The Hall–Kier alpha value is -0.0600. The summed E-state index contributed by atoms with van der Waals surface area (Å²) in [6, 6.07) is 5.73. The Morgan fingerprint density at radius 2 is 2.05 bits per heavy atom. The van der Waals surface area contributed by atoms with Crippen LogP contribution in [0.2, 0.25) is 5.02 Å². The molecule has 0 spiro atoms. The second-order valence-corrected chi connectivity index (χ2v) is 6.83. The molecule has 2 nitrogen and oxygen atoms in total. The van der Waals surface area contributed by atoms with Crippen LogP contribution in [0.4, 0.5) is 0 Å². The van der Waals surface area contributed by atoms with E-state index in [0.717, 1.165) is 29.2 Å². The molecule has 1 aliphatic carbocycles. The first-order valence-corrected chi connectivity index (χ1v) is 8.74. The summed E-state index contributed by atoms with van der Waals surface area (Å²) in [6.45, 7) is 0.739. The smallest absolute Gasteiger partial charge is 0.255 e. The number of amides is 1. The van der Waals surface area contributed by atoms with Crippen molar-refractivity contribution in [2.75, 3.05) is 11.9 Å². The number of benzene rings is 1. The molecule has 1 saturated carbocycles. The van der Waals surface area contributed by atoms with E-state index >= 15 is 0 Å². The average Bonchev–Trinajstić information content (AvgIpc) is 2.92. The van der Waals surface area contributed by atoms with Gasteiger partial charge in [-0.3, -0.25) is 4.79 Å². The molecule has 1 fully saturated rings. The van der Waals surface area contributed by atoms with Gasteiger partial charge in [0.1, 0.15) is 0 Å². The molecule has 0 aromatic heterocycles. The van der Waals surface area contributed by atoms with Gasteiger partial charge in [-0.25, -0.2) is 0 Å². The summed E-state index contributed by atoms with van der Waals surface area (Å²) in [5.41, 5.74) is 0.653. The molecule has 0 radical (unpaired) electrons. The Kier molecular flexibility index (Phi) is 5.72. The van der Waals surface area contributed by atoms with Crippen molar-refractivity contribution in [3.05, 3.63) is 33.3 Å². The summed E-state index contributed by atoms with van der Waals surface area (Å²) in [5, 5.41) is 1.39. The van der Waals surface area contributed by atoms with E-state index in [2.05, 4.69) is 31.9 Å². The number of halogens is 3. The van der Waals surface area contributed by atoms with Crippen LogP contribution in [0.15, 0.2) is 22.7 Å². The van der Waals surface area contributed by atoms with Gasteiger partial charge in [0.05, 0.1) is 5.56 Å². The molecule has 19 heavy (non-hydrogen) atoms. The molecule has 0 unspecified atom stereocenters. The number of hydrogen-bond acceptors (Lipinski definition) is 1. The van der Waals surface area contributed by atoms with Crippen molar-refractivity contribution in [2.24, 2.45) is 0 Å². The summed E-state index contributed by atoms with van der Waals surface area (Å²) in [5.74, 6) is 0.0701. The lowest BCUT2D eigenvalue weighted by Gasteiger charge is -2.29. The third-order valence-electron chi connectivity index (χ3n) is 3.51. The number of carbonyl (C=O) groups excluding carboxylic acids is 1. The zero-order valence-electron chi connectivity index (χ0n) is 10.5. The summed E-state index contributed by atoms with van der Waals surface area (Å²) in [4.78, 5) is 14.7. The fourth-order valence-corrected chi connectivity index (χ4v) is 3.54. The van der Waals surface area contributed by atoms with E-state index in [0.29, 0.717) is 16.6 Å². The van der Waals surface area contributed by atoms with Gasteiger partial charge in [-0.15, -0.1) is 0 Å². The highest BCUT2D eigenvalue weighted by molar-refractivity contribution is 9.10. The molecule has 0 bridgehead atoms. The molecule has 1 aliphatic rings. The first-order valence-electron chi connectivity index (χ1n) is 6.45. The SMILES string of the molecule is O=C(c1cc(Cl)ccc1Br)N(CCBr)C1CCCC1. The lowest BCUT2D eigenvalue weighted by molar-refractivity contribution is 0.0695. The maximum atomic E-state index is 12.7. The highest BCUT2D eigenvalue weighted by Crippen LogP contribution is 2.28. The lowest BCUT2D eigenvalue weighted by Crippen LogP contribution is -2.40. The second-order valence-electron chi connectivity index (χ2n) is 4.75. The van der Waals surface area contributed by atoms with E-state index in [9.17, 15) is 4.79 Å². The van der Waals surface area contributed by atoms with Crippen LogP contribution in [-0.4, -0.2) is 28.7 Å². The largest absolute Gasteiger partial charge is 0.335 e. The minimum absolute atomic E-state index is 0.0701. The molecule has 0 N–H and O–H groups in total. The summed E-state index contributed by atoms with van der Waals surface area (Å²) in [7, 11) is 0. The van der Waals surface area contributed by atoms with Crippen molar-refractivity contribution in [3.63, 3.8) is 0 Å². The van der Waals surface area contributed by atoms with Gasteiger partial charge < -0.3 is 4.90 Å². The average molecular weight is 410 g/mol. The van der Waals surface area contributed by atoms with E-state index < -0.39 is 0 Å². The number of alkyl halides is 1. The van der Waals surface area contributed by atoms with Crippen molar-refractivity contribution in [1.82, 2.24) is 4.90 Å². The summed E-state index contributed by atoms with van der Waals surface area (Å²) >= 11 is 12.9. The van der Waals surface area contributed by atoms with Crippen LogP contribution < -0.4 is 0 Å². The van der Waals surface area contributed by atoms with Crippen LogP contribution in [0.5, 0.6) is 0 Å². The quantitative estimate of drug-likeness (QED) is 0.649. The van der Waals surface area contributed by atoms with Crippen molar-refractivity contribution in [1.29, 1.82) is 0 Å². The second kappa shape index (κ2) is 7.09. The predicted octanol–water partition coefficient (Wildman–Crippen LogP) is 4.88. The topological polar surface area (TPSA) is 20.3 Å². The fraction of sp³-hybridized carbons (Fsp3) is 0.500. The number of carbonyl (C=O) groups is 1.